The van der Waals surface area contributed by atoms with Gasteiger partial charge < -0.3 is 5.73 Å². The SMILES string of the molecule is Cc1n[nH]c(C)c1S(=O)(=O)NCCCC(=N)N. The summed E-state index contributed by atoms with van der Waals surface area (Å²) in [5.41, 5.74) is 6.14. The lowest BCUT2D eigenvalue weighted by Crippen LogP contribution is -2.26. The molecule has 8 heteroatoms. The standard InChI is InChI=1S/C9H17N5O2S/c1-6-9(7(2)14-13-6)17(15,16)12-5-3-4-8(10)11/h12H,3-5H2,1-2H3,(H3,10,11)(H,13,14). The van der Waals surface area contributed by atoms with Crippen molar-refractivity contribution in [2.45, 2.75) is 31.6 Å². The number of H-pyrrole nitrogens is 1. The number of aryl methyl sites for hydroxylation is 2. The van der Waals surface area contributed by atoms with E-state index in [1.165, 1.54) is 0 Å². The van der Waals surface area contributed by atoms with Crippen molar-refractivity contribution in [3.05, 3.63) is 11.4 Å². The molecule has 96 valence electrons. The maximum Gasteiger partial charge on any atom is 0.244 e. The zero-order chi connectivity index (χ0) is 13.1. The summed E-state index contributed by atoms with van der Waals surface area (Å²) in [7, 11) is -3.53. The first kappa shape index (κ1) is 13.7. The monoisotopic (exact) mass is 259 g/mol. The summed E-state index contributed by atoms with van der Waals surface area (Å²) in [4.78, 5) is 0.195. The number of aromatic nitrogens is 2. The Balaban J connectivity index is 2.67. The Morgan fingerprint density at radius 2 is 2.18 bits per heavy atom. The van der Waals surface area contributed by atoms with Crippen molar-refractivity contribution in [1.82, 2.24) is 14.9 Å². The van der Waals surface area contributed by atoms with E-state index in [0.29, 0.717) is 24.2 Å². The van der Waals surface area contributed by atoms with Crippen LogP contribution in [-0.2, 0) is 10.0 Å². The molecule has 0 unspecified atom stereocenters. The van der Waals surface area contributed by atoms with Crippen molar-refractivity contribution in [2.24, 2.45) is 5.73 Å². The maximum atomic E-state index is 11.9. The van der Waals surface area contributed by atoms with Crippen LogP contribution in [0.2, 0.25) is 0 Å². The van der Waals surface area contributed by atoms with Crippen LogP contribution in [0.15, 0.2) is 4.90 Å². The van der Waals surface area contributed by atoms with Gasteiger partial charge >= 0.3 is 0 Å². The molecule has 0 bridgehead atoms. The second kappa shape index (κ2) is 5.28. The van der Waals surface area contributed by atoms with Gasteiger partial charge in [0.15, 0.2) is 0 Å². The van der Waals surface area contributed by atoms with Crippen LogP contribution < -0.4 is 10.5 Å². The molecular weight excluding hydrogens is 242 g/mol. The largest absolute Gasteiger partial charge is 0.388 e. The van der Waals surface area contributed by atoms with Crippen molar-refractivity contribution in [1.29, 1.82) is 5.41 Å². The third-order valence-corrected chi connectivity index (χ3v) is 3.97. The summed E-state index contributed by atoms with van der Waals surface area (Å²) in [5, 5.41) is 13.5. The molecule has 1 heterocycles. The molecule has 1 rings (SSSR count). The molecule has 0 spiro atoms. The molecule has 5 N–H and O–H groups in total. The molecule has 7 nitrogen and oxygen atoms in total. The molecule has 0 aliphatic carbocycles. The predicted molar refractivity (Wildman–Crippen MR) is 64.4 cm³/mol. The first-order valence-corrected chi connectivity index (χ1v) is 6.67. The smallest absolute Gasteiger partial charge is 0.244 e. The summed E-state index contributed by atoms with van der Waals surface area (Å²) in [6, 6.07) is 0. The normalized spacial score (nSPS) is 11.6. The second-order valence-corrected chi connectivity index (χ2v) is 5.49. The number of rotatable bonds is 6. The summed E-state index contributed by atoms with van der Waals surface area (Å²) in [6.45, 7) is 3.55. The van der Waals surface area contributed by atoms with Gasteiger partial charge in [-0.3, -0.25) is 10.5 Å². The fraction of sp³-hybridized carbons (Fsp3) is 0.556. The van der Waals surface area contributed by atoms with E-state index in [4.69, 9.17) is 11.1 Å². The van der Waals surface area contributed by atoms with Gasteiger partial charge in [-0.2, -0.15) is 5.10 Å². The number of hydrogen-bond acceptors (Lipinski definition) is 4. The van der Waals surface area contributed by atoms with E-state index in [-0.39, 0.29) is 17.3 Å². The van der Waals surface area contributed by atoms with Gasteiger partial charge in [-0.25, -0.2) is 13.1 Å². The number of nitrogens with zero attached hydrogens (tertiary/aromatic N) is 1. The van der Waals surface area contributed by atoms with E-state index in [1.807, 2.05) is 0 Å². The Kier molecular flexibility index (Phi) is 4.24. The van der Waals surface area contributed by atoms with Gasteiger partial charge in [0.2, 0.25) is 10.0 Å². The molecule has 1 aromatic rings. The van der Waals surface area contributed by atoms with Crippen molar-refractivity contribution >= 4 is 15.9 Å². The van der Waals surface area contributed by atoms with Gasteiger partial charge in [-0.15, -0.1) is 0 Å². The van der Waals surface area contributed by atoms with Crippen LogP contribution in [0.4, 0.5) is 0 Å². The number of hydrogen-bond donors (Lipinski definition) is 4. The number of nitrogens with two attached hydrogens (primary N) is 1. The molecule has 0 saturated heterocycles. The fourth-order valence-electron chi connectivity index (χ4n) is 1.49. The molecule has 1 aromatic heterocycles. The average molecular weight is 259 g/mol. The zero-order valence-electron chi connectivity index (χ0n) is 9.87. The molecule has 17 heavy (non-hydrogen) atoms. The number of amidine groups is 1. The number of nitrogens with one attached hydrogen (secondary N) is 3. The molecular formula is C9H17N5O2S. The Labute approximate surface area is 100 Å². The van der Waals surface area contributed by atoms with E-state index in [0.717, 1.165) is 0 Å². The van der Waals surface area contributed by atoms with E-state index in [9.17, 15) is 8.42 Å². The number of sulfonamides is 1. The molecule has 0 amide bonds. The fourth-order valence-corrected chi connectivity index (χ4v) is 2.93. The van der Waals surface area contributed by atoms with Crippen molar-refractivity contribution < 1.29 is 8.42 Å². The summed E-state index contributed by atoms with van der Waals surface area (Å²) >= 11 is 0. The summed E-state index contributed by atoms with van der Waals surface area (Å²) < 4.78 is 26.3. The summed E-state index contributed by atoms with van der Waals surface area (Å²) in [6.07, 6.45) is 0.885. The van der Waals surface area contributed by atoms with Crippen LogP contribution in [0.1, 0.15) is 24.2 Å². The molecule has 0 radical (unpaired) electrons. The van der Waals surface area contributed by atoms with E-state index in [2.05, 4.69) is 14.9 Å². The third-order valence-electron chi connectivity index (χ3n) is 2.24. The predicted octanol–water partition coefficient (Wildman–Crippen LogP) is 0.0210. The topological polar surface area (TPSA) is 125 Å². The Bertz CT molecular complexity index is 486. The van der Waals surface area contributed by atoms with Gasteiger partial charge in [0, 0.05) is 13.0 Å². The highest BCUT2D eigenvalue weighted by molar-refractivity contribution is 7.89. The second-order valence-electron chi connectivity index (χ2n) is 3.79. The van der Waals surface area contributed by atoms with Gasteiger partial charge in [-0.1, -0.05) is 0 Å². The Morgan fingerprint density at radius 1 is 1.53 bits per heavy atom. The lowest BCUT2D eigenvalue weighted by Gasteiger charge is -2.06. The highest BCUT2D eigenvalue weighted by Crippen LogP contribution is 2.15. The van der Waals surface area contributed by atoms with E-state index >= 15 is 0 Å². The molecule has 0 atom stereocenters. The van der Waals surface area contributed by atoms with Crippen molar-refractivity contribution in [3.63, 3.8) is 0 Å². The lowest BCUT2D eigenvalue weighted by atomic mass is 10.3. The first-order chi connectivity index (χ1) is 7.84. The Morgan fingerprint density at radius 3 is 2.65 bits per heavy atom. The van der Waals surface area contributed by atoms with Gasteiger partial charge in [0.25, 0.3) is 0 Å². The molecule has 0 fully saturated rings. The minimum atomic E-state index is -3.53. The highest BCUT2D eigenvalue weighted by Gasteiger charge is 2.21. The maximum absolute atomic E-state index is 11.9. The Hall–Kier alpha value is -1.41. The molecule has 0 saturated carbocycles. The van der Waals surface area contributed by atoms with Crippen LogP contribution in [0.3, 0.4) is 0 Å². The van der Waals surface area contributed by atoms with Gasteiger partial charge in [-0.05, 0) is 20.3 Å². The molecule has 0 aliphatic rings. The van der Waals surface area contributed by atoms with Crippen molar-refractivity contribution in [3.8, 4) is 0 Å². The lowest BCUT2D eigenvalue weighted by molar-refractivity contribution is 0.578. The third kappa shape index (κ3) is 3.53. The highest BCUT2D eigenvalue weighted by atomic mass is 32.2. The van der Waals surface area contributed by atoms with Gasteiger partial charge in [0.05, 0.1) is 17.2 Å². The van der Waals surface area contributed by atoms with E-state index in [1.54, 1.807) is 13.8 Å². The summed E-state index contributed by atoms with van der Waals surface area (Å²) in [5.74, 6) is 0.0554. The van der Waals surface area contributed by atoms with Crippen molar-refractivity contribution in [2.75, 3.05) is 6.54 Å². The van der Waals surface area contributed by atoms with Crippen LogP contribution in [0.25, 0.3) is 0 Å². The minimum absolute atomic E-state index is 0.0554. The zero-order valence-corrected chi connectivity index (χ0v) is 10.7. The van der Waals surface area contributed by atoms with Crippen LogP contribution in [-0.4, -0.2) is 31.0 Å². The average Bonchev–Trinajstić information content (AvgIpc) is 2.53. The van der Waals surface area contributed by atoms with Crippen LogP contribution in [0, 0.1) is 19.3 Å². The van der Waals surface area contributed by atoms with Gasteiger partial charge in [0.1, 0.15) is 4.90 Å². The van der Waals surface area contributed by atoms with Crippen LogP contribution >= 0.6 is 0 Å². The first-order valence-electron chi connectivity index (χ1n) is 5.18. The van der Waals surface area contributed by atoms with E-state index < -0.39 is 10.0 Å². The minimum Gasteiger partial charge on any atom is -0.388 e. The number of aromatic amines is 1. The van der Waals surface area contributed by atoms with Crippen LogP contribution in [0.5, 0.6) is 0 Å². The quantitative estimate of drug-likeness (QED) is 0.326. The molecule has 0 aromatic carbocycles. The molecule has 0 aliphatic heterocycles.